The number of anilines is 1. The summed E-state index contributed by atoms with van der Waals surface area (Å²) in [5.41, 5.74) is 5.67. The standard InChI is InChI=1S/C11H22N4O4S/c1-9(7-19-4)15(5-6-18-3)20(16,17)11-10(12)13-8-14(11)2/h8-9H,5-7,12H2,1-4H3. The van der Waals surface area contributed by atoms with Gasteiger partial charge >= 0.3 is 0 Å². The smallest absolute Gasteiger partial charge is 0.262 e. The Morgan fingerprint density at radius 1 is 1.45 bits per heavy atom. The Labute approximate surface area is 119 Å². The second kappa shape index (κ2) is 7.02. The highest BCUT2D eigenvalue weighted by atomic mass is 32.2. The van der Waals surface area contributed by atoms with E-state index in [1.165, 1.54) is 29.4 Å². The molecule has 1 aromatic heterocycles. The first kappa shape index (κ1) is 16.9. The Balaban J connectivity index is 3.17. The normalized spacial score (nSPS) is 13.8. The molecule has 116 valence electrons. The Morgan fingerprint density at radius 2 is 2.10 bits per heavy atom. The van der Waals surface area contributed by atoms with Gasteiger partial charge in [0.1, 0.15) is 0 Å². The Kier molecular flexibility index (Phi) is 5.93. The number of hydrogen-bond acceptors (Lipinski definition) is 6. The van der Waals surface area contributed by atoms with Crippen molar-refractivity contribution in [2.45, 2.75) is 18.0 Å². The summed E-state index contributed by atoms with van der Waals surface area (Å²) in [5.74, 6) is -0.0143. The predicted octanol–water partition coefficient (Wildman–Crippen LogP) is -0.326. The van der Waals surface area contributed by atoms with Gasteiger partial charge in [0.05, 0.1) is 19.5 Å². The fraction of sp³-hybridized carbons (Fsp3) is 0.727. The van der Waals surface area contributed by atoms with E-state index in [4.69, 9.17) is 15.2 Å². The van der Waals surface area contributed by atoms with Crippen molar-refractivity contribution in [3.05, 3.63) is 6.33 Å². The second-order valence-corrected chi connectivity index (χ2v) is 6.26. The van der Waals surface area contributed by atoms with Gasteiger partial charge in [0.25, 0.3) is 10.0 Å². The highest BCUT2D eigenvalue weighted by Gasteiger charge is 2.33. The molecule has 0 saturated carbocycles. The van der Waals surface area contributed by atoms with Crippen molar-refractivity contribution in [3.8, 4) is 0 Å². The summed E-state index contributed by atoms with van der Waals surface area (Å²) in [6, 6.07) is -0.338. The third kappa shape index (κ3) is 3.48. The first-order valence-electron chi connectivity index (χ1n) is 6.12. The van der Waals surface area contributed by atoms with Crippen molar-refractivity contribution >= 4 is 15.8 Å². The number of nitrogens with zero attached hydrogens (tertiary/aromatic N) is 3. The average molecular weight is 306 g/mol. The second-order valence-electron chi connectivity index (χ2n) is 4.46. The number of hydrogen-bond donors (Lipinski definition) is 1. The molecule has 2 N–H and O–H groups in total. The molecule has 1 atom stereocenters. The van der Waals surface area contributed by atoms with Crippen LogP contribution in [0.1, 0.15) is 6.92 Å². The van der Waals surface area contributed by atoms with Crippen LogP contribution in [0.4, 0.5) is 5.82 Å². The summed E-state index contributed by atoms with van der Waals surface area (Å²) in [7, 11) is 0.867. The molecular formula is C11H22N4O4S. The van der Waals surface area contributed by atoms with E-state index in [0.717, 1.165) is 0 Å². The molecule has 1 heterocycles. The molecular weight excluding hydrogens is 284 g/mol. The summed E-state index contributed by atoms with van der Waals surface area (Å²) in [4.78, 5) is 3.82. The molecule has 0 aliphatic heterocycles. The van der Waals surface area contributed by atoms with Gasteiger partial charge < -0.3 is 19.8 Å². The topological polar surface area (TPSA) is 99.7 Å². The zero-order valence-electron chi connectivity index (χ0n) is 12.2. The van der Waals surface area contributed by atoms with Gasteiger partial charge in [-0.3, -0.25) is 0 Å². The molecule has 0 saturated heterocycles. The van der Waals surface area contributed by atoms with Crippen LogP contribution in [-0.4, -0.2) is 62.3 Å². The van der Waals surface area contributed by atoms with Crippen LogP contribution in [-0.2, 0) is 26.5 Å². The molecule has 0 spiro atoms. The number of imidazole rings is 1. The summed E-state index contributed by atoms with van der Waals surface area (Å²) in [6.45, 7) is 2.54. The lowest BCUT2D eigenvalue weighted by atomic mass is 10.3. The molecule has 1 rings (SSSR count). The average Bonchev–Trinajstić information content (AvgIpc) is 2.70. The number of ether oxygens (including phenoxy) is 2. The minimum atomic E-state index is -3.76. The van der Waals surface area contributed by atoms with E-state index in [0.29, 0.717) is 0 Å². The third-order valence-electron chi connectivity index (χ3n) is 2.88. The van der Waals surface area contributed by atoms with Crippen LogP contribution in [0.3, 0.4) is 0 Å². The van der Waals surface area contributed by atoms with Crippen LogP contribution < -0.4 is 5.73 Å². The zero-order chi connectivity index (χ0) is 15.3. The largest absolute Gasteiger partial charge is 0.383 e. The van der Waals surface area contributed by atoms with Crippen molar-refractivity contribution in [1.82, 2.24) is 13.9 Å². The fourth-order valence-corrected chi connectivity index (χ4v) is 3.75. The van der Waals surface area contributed by atoms with Crippen LogP contribution in [0, 0.1) is 0 Å². The monoisotopic (exact) mass is 306 g/mol. The first-order chi connectivity index (χ1) is 9.36. The van der Waals surface area contributed by atoms with Gasteiger partial charge in [-0.05, 0) is 6.92 Å². The lowest BCUT2D eigenvalue weighted by molar-refractivity contribution is 0.118. The quantitative estimate of drug-likeness (QED) is 0.706. The highest BCUT2D eigenvalue weighted by molar-refractivity contribution is 7.89. The maximum absolute atomic E-state index is 12.7. The molecule has 0 aliphatic rings. The van der Waals surface area contributed by atoms with Gasteiger partial charge in [0.15, 0.2) is 10.8 Å². The molecule has 9 heteroatoms. The van der Waals surface area contributed by atoms with Gasteiger partial charge in [0, 0.05) is 33.9 Å². The number of aryl methyl sites for hydroxylation is 1. The molecule has 1 aromatic rings. The number of rotatable bonds is 8. The van der Waals surface area contributed by atoms with E-state index in [-0.39, 0.29) is 36.6 Å². The first-order valence-corrected chi connectivity index (χ1v) is 7.56. The number of aromatic nitrogens is 2. The fourth-order valence-electron chi connectivity index (χ4n) is 1.95. The molecule has 0 fully saturated rings. The Morgan fingerprint density at radius 3 is 2.55 bits per heavy atom. The predicted molar refractivity (Wildman–Crippen MR) is 74.7 cm³/mol. The molecule has 0 aliphatic carbocycles. The maximum atomic E-state index is 12.7. The molecule has 0 radical (unpaired) electrons. The van der Waals surface area contributed by atoms with Gasteiger partial charge in [-0.2, -0.15) is 4.31 Å². The van der Waals surface area contributed by atoms with Crippen molar-refractivity contribution in [2.24, 2.45) is 7.05 Å². The minimum absolute atomic E-state index is 0.0143. The number of methoxy groups -OCH3 is 2. The van der Waals surface area contributed by atoms with Gasteiger partial charge in [-0.25, -0.2) is 13.4 Å². The molecule has 20 heavy (non-hydrogen) atoms. The zero-order valence-corrected chi connectivity index (χ0v) is 13.1. The van der Waals surface area contributed by atoms with Crippen molar-refractivity contribution in [3.63, 3.8) is 0 Å². The molecule has 0 aromatic carbocycles. The van der Waals surface area contributed by atoms with Crippen LogP contribution in [0.5, 0.6) is 0 Å². The number of sulfonamides is 1. The minimum Gasteiger partial charge on any atom is -0.383 e. The van der Waals surface area contributed by atoms with E-state index in [1.807, 2.05) is 0 Å². The van der Waals surface area contributed by atoms with Crippen LogP contribution in [0.15, 0.2) is 11.4 Å². The molecule has 0 amide bonds. The van der Waals surface area contributed by atoms with E-state index >= 15 is 0 Å². The number of nitrogens with two attached hydrogens (primary N) is 1. The lowest BCUT2D eigenvalue weighted by Gasteiger charge is -2.27. The van der Waals surface area contributed by atoms with Crippen LogP contribution in [0.2, 0.25) is 0 Å². The molecule has 0 bridgehead atoms. The van der Waals surface area contributed by atoms with E-state index in [2.05, 4.69) is 4.98 Å². The maximum Gasteiger partial charge on any atom is 0.262 e. The summed E-state index contributed by atoms with van der Waals surface area (Å²) >= 11 is 0. The molecule has 8 nitrogen and oxygen atoms in total. The van der Waals surface area contributed by atoms with Gasteiger partial charge in [0.2, 0.25) is 0 Å². The SMILES string of the molecule is COCCN(C(C)COC)S(=O)(=O)c1c(N)ncn1C. The van der Waals surface area contributed by atoms with Crippen LogP contribution in [0.25, 0.3) is 0 Å². The van der Waals surface area contributed by atoms with Crippen molar-refractivity contribution in [1.29, 1.82) is 0 Å². The third-order valence-corrected chi connectivity index (χ3v) is 5.02. The summed E-state index contributed by atoms with van der Waals surface area (Å²) < 4.78 is 38.2. The van der Waals surface area contributed by atoms with Crippen molar-refractivity contribution < 1.29 is 17.9 Å². The van der Waals surface area contributed by atoms with E-state index in [1.54, 1.807) is 14.0 Å². The van der Waals surface area contributed by atoms with E-state index in [9.17, 15) is 8.42 Å². The molecule has 1 unspecified atom stereocenters. The van der Waals surface area contributed by atoms with Gasteiger partial charge in [-0.1, -0.05) is 0 Å². The lowest BCUT2D eigenvalue weighted by Crippen LogP contribution is -2.43. The Bertz CT molecular complexity index is 509. The van der Waals surface area contributed by atoms with Crippen molar-refractivity contribution in [2.75, 3.05) is 39.7 Å². The summed E-state index contributed by atoms with van der Waals surface area (Å²) in [6.07, 6.45) is 1.37. The van der Waals surface area contributed by atoms with Crippen LogP contribution >= 0.6 is 0 Å². The number of nitrogen functional groups attached to an aromatic ring is 1. The highest BCUT2D eigenvalue weighted by Crippen LogP contribution is 2.22. The Hall–Kier alpha value is -1.16. The van der Waals surface area contributed by atoms with Gasteiger partial charge in [-0.15, -0.1) is 0 Å². The summed E-state index contributed by atoms with van der Waals surface area (Å²) in [5, 5.41) is -0.0171. The van der Waals surface area contributed by atoms with E-state index < -0.39 is 10.0 Å².